The molecule has 0 aromatic rings. The average molecular weight is 763 g/mol. The molecule has 0 aliphatic heterocycles. The van der Waals surface area contributed by atoms with Gasteiger partial charge in [-0.2, -0.15) is 0 Å². The van der Waals surface area contributed by atoms with E-state index in [0.717, 1.165) is 104 Å². The SMILES string of the molecule is CCC[CH2][Sn]([CH2]CCC)([CH2]CCC)[O]C(=O)C(Cl)=C(Cl)C(=O)[O][Sn]([CH2]CCC)([CH2]CCC)[CH2]CCC. The molecule has 0 saturated carbocycles. The second-order valence-corrected chi connectivity index (χ2v) is 34.4. The minimum absolute atomic E-state index is 0.283. The van der Waals surface area contributed by atoms with E-state index in [1.54, 1.807) is 0 Å². The summed E-state index contributed by atoms with van der Waals surface area (Å²) in [7, 11) is 0. The number of carbonyl (C=O) groups excluding carboxylic acids is 2. The van der Waals surface area contributed by atoms with Crippen molar-refractivity contribution in [1.82, 2.24) is 0 Å². The van der Waals surface area contributed by atoms with Gasteiger partial charge in [-0.3, -0.25) is 0 Å². The van der Waals surface area contributed by atoms with Crippen LogP contribution in [0.3, 0.4) is 0 Å². The summed E-state index contributed by atoms with van der Waals surface area (Å²) in [5, 5.41) is -0.567. The van der Waals surface area contributed by atoms with Crippen molar-refractivity contribution in [2.24, 2.45) is 0 Å². The standard InChI is InChI=1S/C4H2Cl2O4.6C4H9.2Sn/c5-1(3(7)8)2(6)4(9)10;6*1-3-4-2;;/h(H,7,8)(H,9,10);6*1,3-4H2,2H3;;/q;;;;;;;2*+1/p-2. The fourth-order valence-corrected chi connectivity index (χ4v) is 31.3. The van der Waals surface area contributed by atoms with E-state index in [0.29, 0.717) is 0 Å². The molecule has 36 heavy (non-hydrogen) atoms. The zero-order chi connectivity index (χ0) is 27.5. The molecule has 0 heterocycles. The van der Waals surface area contributed by atoms with Gasteiger partial charge in [0, 0.05) is 0 Å². The molecule has 0 aliphatic carbocycles. The van der Waals surface area contributed by atoms with Crippen LogP contribution in [0.4, 0.5) is 0 Å². The van der Waals surface area contributed by atoms with E-state index in [1.807, 2.05) is 0 Å². The fourth-order valence-electron chi connectivity index (χ4n) is 4.71. The molecule has 4 nitrogen and oxygen atoms in total. The van der Waals surface area contributed by atoms with Gasteiger partial charge in [-0.25, -0.2) is 0 Å². The second-order valence-electron chi connectivity index (χ2n) is 10.4. The van der Waals surface area contributed by atoms with Crippen LogP contribution in [-0.2, 0) is 15.7 Å². The summed E-state index contributed by atoms with van der Waals surface area (Å²) >= 11 is 6.44. The fraction of sp³-hybridized carbons (Fsp3) is 0.857. The second kappa shape index (κ2) is 21.7. The van der Waals surface area contributed by atoms with Crippen molar-refractivity contribution in [1.29, 1.82) is 0 Å². The molecule has 0 saturated heterocycles. The van der Waals surface area contributed by atoms with E-state index in [-0.39, 0.29) is 10.1 Å². The van der Waals surface area contributed by atoms with E-state index in [2.05, 4.69) is 41.5 Å². The van der Waals surface area contributed by atoms with Gasteiger partial charge in [0.25, 0.3) is 0 Å². The molecule has 212 valence electrons. The quantitative estimate of drug-likeness (QED) is 0.0814. The third kappa shape index (κ3) is 14.3. The van der Waals surface area contributed by atoms with Crippen LogP contribution in [0.2, 0.25) is 26.6 Å². The van der Waals surface area contributed by atoms with E-state index in [9.17, 15) is 9.59 Å². The van der Waals surface area contributed by atoms with Crippen LogP contribution in [0, 0.1) is 0 Å². The molecule has 0 unspecified atom stereocenters. The van der Waals surface area contributed by atoms with Gasteiger partial charge in [0.05, 0.1) is 0 Å². The summed E-state index contributed by atoms with van der Waals surface area (Å²) in [4.78, 5) is 26.5. The molecular weight excluding hydrogens is 709 g/mol. The molecule has 0 fully saturated rings. The Bertz CT molecular complexity index is 558. The first-order valence-corrected chi connectivity index (χ1v) is 29.9. The van der Waals surface area contributed by atoms with Crippen molar-refractivity contribution in [3.63, 3.8) is 0 Å². The number of halogens is 2. The summed E-state index contributed by atoms with van der Waals surface area (Å²) < 4.78 is 18.7. The van der Waals surface area contributed by atoms with Crippen LogP contribution in [0.1, 0.15) is 119 Å². The predicted octanol–water partition coefficient (Wildman–Crippen LogP) is 10.5. The Morgan fingerprint density at radius 2 is 0.667 bits per heavy atom. The summed E-state index contributed by atoms with van der Waals surface area (Å²) in [6.45, 7) is 13.0. The van der Waals surface area contributed by atoms with Crippen LogP contribution in [0.5, 0.6) is 0 Å². The Balaban J connectivity index is 5.88. The first-order valence-electron chi connectivity index (χ1n) is 14.7. The number of hydrogen-bond acceptors (Lipinski definition) is 4. The van der Waals surface area contributed by atoms with E-state index < -0.39 is 49.5 Å². The van der Waals surface area contributed by atoms with Crippen LogP contribution in [0.25, 0.3) is 0 Å². The predicted molar refractivity (Wildman–Crippen MR) is 161 cm³/mol. The maximum absolute atomic E-state index is 13.2. The Hall–Kier alpha value is 0.857. The third-order valence-electron chi connectivity index (χ3n) is 7.09. The molecule has 0 amide bonds. The summed E-state index contributed by atoms with van der Waals surface area (Å²) in [6, 6.07) is 0. The third-order valence-corrected chi connectivity index (χ3v) is 33.1. The van der Waals surface area contributed by atoms with Gasteiger partial charge in [0.1, 0.15) is 0 Å². The molecule has 0 radical (unpaired) electrons. The molecular formula is C28H54Cl2O4Sn2. The molecule has 0 aliphatic rings. The zero-order valence-corrected chi connectivity index (χ0v) is 31.3. The van der Waals surface area contributed by atoms with Gasteiger partial charge in [-0.1, -0.05) is 0 Å². The summed E-state index contributed by atoms with van der Waals surface area (Å²) in [6.07, 6.45) is 12.9. The molecule has 0 bridgehead atoms. The normalized spacial score (nSPS) is 12.9. The zero-order valence-electron chi connectivity index (χ0n) is 24.1. The summed E-state index contributed by atoms with van der Waals surface area (Å²) in [5.41, 5.74) is 0. The van der Waals surface area contributed by atoms with Gasteiger partial charge < -0.3 is 0 Å². The van der Waals surface area contributed by atoms with Crippen molar-refractivity contribution in [2.75, 3.05) is 0 Å². The van der Waals surface area contributed by atoms with Crippen molar-refractivity contribution in [3.8, 4) is 0 Å². The monoisotopic (exact) mass is 764 g/mol. The Morgan fingerprint density at radius 1 is 0.472 bits per heavy atom. The van der Waals surface area contributed by atoms with Gasteiger partial charge in [-0.05, 0) is 0 Å². The Morgan fingerprint density at radius 3 is 0.833 bits per heavy atom. The van der Waals surface area contributed by atoms with Gasteiger partial charge >= 0.3 is 244 Å². The molecule has 0 aromatic carbocycles. The molecule has 0 N–H and O–H groups in total. The Labute approximate surface area is 241 Å². The van der Waals surface area contributed by atoms with Crippen molar-refractivity contribution in [3.05, 3.63) is 10.1 Å². The van der Waals surface area contributed by atoms with Crippen molar-refractivity contribution >= 4 is 72.7 Å². The average Bonchev–Trinajstić information content (AvgIpc) is 2.89. The Kier molecular flexibility index (Phi) is 22.2. The van der Waals surface area contributed by atoms with Gasteiger partial charge in [-0.15, -0.1) is 0 Å². The van der Waals surface area contributed by atoms with Crippen LogP contribution < -0.4 is 0 Å². The van der Waals surface area contributed by atoms with Crippen LogP contribution in [0.15, 0.2) is 10.1 Å². The molecule has 0 spiro atoms. The van der Waals surface area contributed by atoms with E-state index >= 15 is 0 Å². The molecule has 0 atom stereocenters. The van der Waals surface area contributed by atoms with Crippen molar-refractivity contribution in [2.45, 2.75) is 145 Å². The van der Waals surface area contributed by atoms with Crippen LogP contribution in [-0.4, -0.2) is 49.5 Å². The molecule has 8 heteroatoms. The molecule has 0 rings (SSSR count). The first kappa shape index (κ1) is 36.9. The van der Waals surface area contributed by atoms with E-state index in [1.165, 1.54) is 0 Å². The number of carbonyl (C=O) groups is 2. The van der Waals surface area contributed by atoms with E-state index in [4.69, 9.17) is 29.4 Å². The van der Waals surface area contributed by atoms with Crippen molar-refractivity contribution < 1.29 is 15.7 Å². The first-order chi connectivity index (χ1) is 17.2. The number of hydrogen-bond donors (Lipinski definition) is 0. The number of rotatable bonds is 22. The maximum atomic E-state index is 13.2. The number of unbranched alkanes of at least 4 members (excludes halogenated alkanes) is 6. The van der Waals surface area contributed by atoms with Gasteiger partial charge in [0.15, 0.2) is 0 Å². The topological polar surface area (TPSA) is 52.6 Å². The molecule has 0 aromatic heterocycles. The minimum atomic E-state index is -3.24. The van der Waals surface area contributed by atoms with Crippen LogP contribution >= 0.6 is 23.2 Å². The van der Waals surface area contributed by atoms with Gasteiger partial charge in [0.2, 0.25) is 0 Å². The summed E-state index contributed by atoms with van der Waals surface area (Å²) in [5.74, 6) is -1.21.